The lowest BCUT2D eigenvalue weighted by atomic mass is 9.99. The molecule has 2 fully saturated rings. The lowest BCUT2D eigenvalue weighted by Crippen LogP contribution is -2.60. The number of rotatable bonds is 21. The third-order valence-corrected chi connectivity index (χ3v) is 10.5. The topological polar surface area (TPSA) is 273 Å². The van der Waals surface area contributed by atoms with Crippen LogP contribution in [0, 0.1) is 11.8 Å². The van der Waals surface area contributed by atoms with Crippen molar-refractivity contribution in [2.75, 3.05) is 13.1 Å². The normalized spacial score (nSPS) is 17.7. The molecule has 332 valence electrons. The van der Waals surface area contributed by atoms with E-state index in [1.54, 1.807) is 56.3 Å². The molecule has 2 heterocycles. The first-order valence-corrected chi connectivity index (χ1v) is 20.9. The van der Waals surface area contributed by atoms with Gasteiger partial charge in [0.1, 0.15) is 36.0 Å². The van der Waals surface area contributed by atoms with Crippen LogP contribution < -0.4 is 32.7 Å². The van der Waals surface area contributed by atoms with Gasteiger partial charge in [-0.3, -0.25) is 33.6 Å². The first-order chi connectivity index (χ1) is 29.0. The van der Waals surface area contributed by atoms with Gasteiger partial charge in [0.2, 0.25) is 29.5 Å². The number of nitrogens with two attached hydrogens (primary N) is 2. The minimum atomic E-state index is -1.20. The summed E-state index contributed by atoms with van der Waals surface area (Å²) in [7, 11) is 0. The fourth-order valence-electron chi connectivity index (χ4n) is 7.21. The number of nitrogens with one attached hydrogen (secondary N) is 4. The first kappa shape index (κ1) is 47.8. The Kier molecular flexibility index (Phi) is 17.7. The SMILES string of the molecule is CC(C)C[C@H](NC(=O)[C@H](CCCN)NC(=O)[C@@H](NC(=O)[C@H](N)Cc1ccc(O)cc1)C(C)C)C(=O)N[C@H](Cc1ccccc1)C(=O)N1CCC[C@H]1C(=O)ON1C(=O)CCC1=O. The van der Waals surface area contributed by atoms with Crippen LogP contribution in [0.5, 0.6) is 5.75 Å². The van der Waals surface area contributed by atoms with Crippen molar-refractivity contribution in [3.8, 4) is 5.75 Å². The number of carbonyl (C=O) groups is 8. The monoisotopic (exact) mass is 848 g/mol. The summed E-state index contributed by atoms with van der Waals surface area (Å²) in [6.07, 6.45) is 1.24. The highest BCUT2D eigenvalue weighted by Crippen LogP contribution is 2.23. The van der Waals surface area contributed by atoms with Crippen molar-refractivity contribution in [3.63, 3.8) is 0 Å². The summed E-state index contributed by atoms with van der Waals surface area (Å²) >= 11 is 0. The molecule has 2 aliphatic heterocycles. The largest absolute Gasteiger partial charge is 0.508 e. The molecule has 7 amide bonds. The van der Waals surface area contributed by atoms with E-state index in [0.29, 0.717) is 29.0 Å². The molecule has 0 spiro atoms. The quantitative estimate of drug-likeness (QED) is 0.0846. The van der Waals surface area contributed by atoms with E-state index in [1.807, 2.05) is 13.8 Å². The molecule has 18 heteroatoms. The molecule has 2 aromatic carbocycles. The number of imide groups is 1. The zero-order valence-corrected chi connectivity index (χ0v) is 35.3. The fraction of sp³-hybridized carbons (Fsp3) is 0.535. The van der Waals surface area contributed by atoms with Crippen LogP contribution in [0.4, 0.5) is 0 Å². The Hall–Kier alpha value is -5.88. The minimum absolute atomic E-state index is 0.0329. The molecule has 2 aliphatic rings. The van der Waals surface area contributed by atoms with E-state index in [4.69, 9.17) is 16.3 Å². The number of hydrogen-bond donors (Lipinski definition) is 7. The molecule has 4 rings (SSSR count). The van der Waals surface area contributed by atoms with E-state index in [-0.39, 0.29) is 69.7 Å². The summed E-state index contributed by atoms with van der Waals surface area (Å²) < 4.78 is 0. The third kappa shape index (κ3) is 13.8. The van der Waals surface area contributed by atoms with Crippen LogP contribution >= 0.6 is 0 Å². The fourth-order valence-corrected chi connectivity index (χ4v) is 7.21. The Morgan fingerprint density at radius 2 is 1.36 bits per heavy atom. The van der Waals surface area contributed by atoms with Gasteiger partial charge in [-0.2, -0.15) is 0 Å². The zero-order valence-electron chi connectivity index (χ0n) is 35.3. The predicted octanol–water partition coefficient (Wildman–Crippen LogP) is 0.483. The third-order valence-electron chi connectivity index (χ3n) is 10.5. The molecule has 2 saturated heterocycles. The van der Waals surface area contributed by atoms with Gasteiger partial charge in [0.05, 0.1) is 6.04 Å². The van der Waals surface area contributed by atoms with Gasteiger partial charge >= 0.3 is 5.97 Å². The van der Waals surface area contributed by atoms with Crippen molar-refractivity contribution >= 4 is 47.3 Å². The van der Waals surface area contributed by atoms with Gasteiger partial charge in [0.25, 0.3) is 11.8 Å². The maximum Gasteiger partial charge on any atom is 0.355 e. The molecule has 0 aromatic heterocycles. The molecule has 0 radical (unpaired) electrons. The average molecular weight is 849 g/mol. The molecule has 0 bridgehead atoms. The first-order valence-electron chi connectivity index (χ1n) is 20.9. The number of aromatic hydroxyl groups is 1. The minimum Gasteiger partial charge on any atom is -0.508 e. The van der Waals surface area contributed by atoms with Gasteiger partial charge < -0.3 is 47.6 Å². The molecular formula is C43H60N8O10. The highest BCUT2D eigenvalue weighted by Gasteiger charge is 2.42. The molecule has 0 unspecified atom stereocenters. The van der Waals surface area contributed by atoms with Crippen LogP contribution in [-0.4, -0.2) is 112 Å². The van der Waals surface area contributed by atoms with Gasteiger partial charge in [-0.15, -0.1) is 5.06 Å². The van der Waals surface area contributed by atoms with Gasteiger partial charge in [0.15, 0.2) is 0 Å². The van der Waals surface area contributed by atoms with Gasteiger partial charge in [-0.1, -0.05) is 70.2 Å². The number of hydrogen-bond acceptors (Lipinski definition) is 12. The van der Waals surface area contributed by atoms with E-state index in [0.717, 1.165) is 0 Å². The number of phenolic OH excluding ortho intramolecular Hbond substituents is 1. The van der Waals surface area contributed by atoms with Crippen molar-refractivity contribution in [2.45, 2.75) is 122 Å². The van der Waals surface area contributed by atoms with Gasteiger partial charge in [-0.05, 0) is 80.2 Å². The van der Waals surface area contributed by atoms with Crippen LogP contribution in [0.1, 0.15) is 83.8 Å². The van der Waals surface area contributed by atoms with E-state index in [1.165, 1.54) is 17.0 Å². The molecule has 0 aliphatic carbocycles. The summed E-state index contributed by atoms with van der Waals surface area (Å²) in [5.74, 6) is -5.89. The molecule has 6 atom stereocenters. The van der Waals surface area contributed by atoms with Crippen molar-refractivity contribution in [1.29, 1.82) is 0 Å². The number of benzene rings is 2. The van der Waals surface area contributed by atoms with Gasteiger partial charge in [-0.25, -0.2) is 4.79 Å². The predicted molar refractivity (Wildman–Crippen MR) is 222 cm³/mol. The number of carbonyl (C=O) groups excluding carboxylic acids is 8. The molecule has 0 saturated carbocycles. The lowest BCUT2D eigenvalue weighted by molar-refractivity contribution is -0.200. The number of nitrogens with zero attached hydrogens (tertiary/aromatic N) is 2. The van der Waals surface area contributed by atoms with E-state index < -0.39 is 89.5 Å². The smallest absolute Gasteiger partial charge is 0.355 e. The van der Waals surface area contributed by atoms with E-state index in [2.05, 4.69) is 21.3 Å². The van der Waals surface area contributed by atoms with Crippen LogP contribution in [0.15, 0.2) is 54.6 Å². The summed E-state index contributed by atoms with van der Waals surface area (Å²) in [6.45, 7) is 7.51. The maximum atomic E-state index is 14.3. The highest BCUT2D eigenvalue weighted by atomic mass is 16.7. The van der Waals surface area contributed by atoms with Crippen molar-refractivity contribution in [3.05, 3.63) is 65.7 Å². The van der Waals surface area contributed by atoms with Crippen molar-refractivity contribution in [2.24, 2.45) is 23.3 Å². The molecule has 9 N–H and O–H groups in total. The Morgan fingerprint density at radius 3 is 1.97 bits per heavy atom. The lowest BCUT2D eigenvalue weighted by Gasteiger charge is -2.31. The summed E-state index contributed by atoms with van der Waals surface area (Å²) in [5.41, 5.74) is 13.4. The van der Waals surface area contributed by atoms with Crippen molar-refractivity contribution in [1.82, 2.24) is 31.2 Å². The maximum absolute atomic E-state index is 14.3. The summed E-state index contributed by atoms with van der Waals surface area (Å²) in [5, 5.41) is 21.0. The Bertz CT molecular complexity index is 1860. The summed E-state index contributed by atoms with van der Waals surface area (Å²) in [6, 6.07) is 8.41. The number of hydroxylamine groups is 2. The van der Waals surface area contributed by atoms with Crippen LogP contribution in [-0.2, 0) is 56.0 Å². The molecule has 2 aromatic rings. The average Bonchev–Trinajstić information content (AvgIpc) is 3.84. The number of likely N-dealkylation sites (tertiary alicyclic amines) is 1. The van der Waals surface area contributed by atoms with Crippen molar-refractivity contribution < 1.29 is 48.3 Å². The van der Waals surface area contributed by atoms with E-state index >= 15 is 0 Å². The van der Waals surface area contributed by atoms with Crippen LogP contribution in [0.2, 0.25) is 0 Å². The van der Waals surface area contributed by atoms with Crippen LogP contribution in [0.3, 0.4) is 0 Å². The summed E-state index contributed by atoms with van der Waals surface area (Å²) in [4.78, 5) is 113. The van der Waals surface area contributed by atoms with Gasteiger partial charge in [0, 0.05) is 25.8 Å². The second-order valence-electron chi connectivity index (χ2n) is 16.3. The highest BCUT2D eigenvalue weighted by molar-refractivity contribution is 6.02. The second kappa shape index (κ2) is 22.6. The Balaban J connectivity index is 1.50. The molecule has 61 heavy (non-hydrogen) atoms. The number of phenols is 1. The standard InChI is InChI=1S/C43H60N8O10/c1-25(2)22-32(47-39(56)31(12-8-20-44)46-41(58)37(26(3)4)49-38(55)30(45)23-28-14-16-29(52)17-15-28)40(57)48-33(24-27-10-6-5-7-11-27)42(59)50-21-9-13-34(50)43(60)61-51-35(53)18-19-36(51)54/h5-7,10-11,14-17,25-26,30-34,37,52H,8-9,12-13,18-24,44-45H2,1-4H3,(H,46,58)(H,47,56)(H,48,57)(H,49,55)/t30-,31+,32+,33-,34+,37+/m1/s1. The molecular weight excluding hydrogens is 789 g/mol. The second-order valence-corrected chi connectivity index (χ2v) is 16.3. The van der Waals surface area contributed by atoms with E-state index in [9.17, 15) is 43.5 Å². The Labute approximate surface area is 355 Å². The Morgan fingerprint density at radius 1 is 0.770 bits per heavy atom. The zero-order chi connectivity index (χ0) is 44.8. The van der Waals surface area contributed by atoms with Crippen LogP contribution in [0.25, 0.3) is 0 Å². The number of amides is 7. The molecule has 18 nitrogen and oxygen atoms in total.